The molecule has 0 atom stereocenters. The van der Waals surface area contributed by atoms with E-state index >= 15 is 0 Å². The lowest BCUT2D eigenvalue weighted by atomic mass is 10.0. The van der Waals surface area contributed by atoms with Gasteiger partial charge in [-0.25, -0.2) is 4.39 Å². The predicted octanol–water partition coefficient (Wildman–Crippen LogP) is 3.62. The van der Waals surface area contributed by atoms with Crippen molar-refractivity contribution in [3.05, 3.63) is 58.5 Å². The van der Waals surface area contributed by atoms with Crippen LogP contribution in [0.15, 0.2) is 30.3 Å². The van der Waals surface area contributed by atoms with E-state index in [0.29, 0.717) is 29.3 Å². The lowest BCUT2D eigenvalue weighted by Crippen LogP contribution is -2.44. The molecule has 1 fully saturated rings. The van der Waals surface area contributed by atoms with E-state index < -0.39 is 0 Å². The number of aryl methyl sites for hydroxylation is 1. The summed E-state index contributed by atoms with van der Waals surface area (Å²) in [5.41, 5.74) is 3.93. The third kappa shape index (κ3) is 3.79. The van der Waals surface area contributed by atoms with Crippen LogP contribution in [-0.4, -0.2) is 48.3 Å². The van der Waals surface area contributed by atoms with Crippen molar-refractivity contribution in [3.8, 4) is 6.07 Å². The molecule has 0 aliphatic carbocycles. The zero-order valence-electron chi connectivity index (χ0n) is 17.5. The maximum absolute atomic E-state index is 14.9. The third-order valence-corrected chi connectivity index (χ3v) is 5.89. The Morgan fingerprint density at radius 2 is 1.87 bits per heavy atom. The number of aromatic nitrogens is 2. The van der Waals surface area contributed by atoms with Gasteiger partial charge in [0.05, 0.1) is 23.0 Å². The number of nitriles is 1. The van der Waals surface area contributed by atoms with E-state index in [9.17, 15) is 9.65 Å². The number of fused-ring (bicyclic) bond motifs is 1. The van der Waals surface area contributed by atoms with E-state index in [-0.39, 0.29) is 5.82 Å². The Bertz CT molecular complexity index is 1130. The van der Waals surface area contributed by atoms with Gasteiger partial charge in [-0.3, -0.25) is 0 Å². The highest BCUT2D eigenvalue weighted by atomic mass is 19.1. The van der Waals surface area contributed by atoms with Crippen LogP contribution in [0.2, 0.25) is 0 Å². The van der Waals surface area contributed by atoms with Crippen LogP contribution in [0.5, 0.6) is 0 Å². The summed E-state index contributed by atoms with van der Waals surface area (Å²) in [5.74, 6) is 0.388. The Kier molecular flexibility index (Phi) is 5.51. The van der Waals surface area contributed by atoms with Gasteiger partial charge in [-0.15, -0.1) is 5.10 Å². The summed E-state index contributed by atoms with van der Waals surface area (Å²) < 4.78 is 14.9. The van der Waals surface area contributed by atoms with Crippen molar-refractivity contribution >= 4 is 22.3 Å². The first-order chi connectivity index (χ1) is 14.5. The van der Waals surface area contributed by atoms with Crippen LogP contribution < -0.4 is 10.2 Å². The van der Waals surface area contributed by atoms with Gasteiger partial charge < -0.3 is 15.1 Å². The quantitative estimate of drug-likeness (QED) is 0.716. The van der Waals surface area contributed by atoms with Crippen molar-refractivity contribution in [2.24, 2.45) is 0 Å². The number of nitrogens with one attached hydrogen (secondary N) is 1. The van der Waals surface area contributed by atoms with Crippen molar-refractivity contribution in [3.63, 3.8) is 0 Å². The molecule has 154 valence electrons. The topological polar surface area (TPSA) is 68.1 Å². The predicted molar refractivity (Wildman–Crippen MR) is 117 cm³/mol. The second-order valence-corrected chi connectivity index (χ2v) is 7.83. The minimum Gasteiger partial charge on any atom is -0.367 e. The van der Waals surface area contributed by atoms with Gasteiger partial charge in [-0.2, -0.15) is 10.4 Å². The van der Waals surface area contributed by atoms with E-state index in [2.05, 4.69) is 38.4 Å². The van der Waals surface area contributed by atoms with Crippen LogP contribution in [0.25, 0.3) is 10.8 Å². The fraction of sp³-hybridized carbons (Fsp3) is 0.348. The van der Waals surface area contributed by atoms with E-state index in [1.165, 1.54) is 0 Å². The molecule has 0 spiro atoms. The number of likely N-dealkylation sites (N-methyl/N-ethyl adjacent to an activating group) is 1. The number of nitrogens with zero attached hydrogens (tertiary/aromatic N) is 5. The van der Waals surface area contributed by atoms with Crippen molar-refractivity contribution in [2.45, 2.75) is 20.4 Å². The highest BCUT2D eigenvalue weighted by Gasteiger charge is 2.20. The number of hydrogen-bond acceptors (Lipinski definition) is 6. The monoisotopic (exact) mass is 404 g/mol. The Morgan fingerprint density at radius 3 is 2.60 bits per heavy atom. The minimum atomic E-state index is -0.230. The first-order valence-corrected chi connectivity index (χ1v) is 10.1. The van der Waals surface area contributed by atoms with Crippen molar-refractivity contribution in [1.29, 1.82) is 5.26 Å². The number of piperazine rings is 1. The summed E-state index contributed by atoms with van der Waals surface area (Å²) in [6.07, 6.45) is 0. The van der Waals surface area contributed by atoms with E-state index in [0.717, 1.165) is 48.1 Å². The maximum atomic E-state index is 14.9. The zero-order valence-corrected chi connectivity index (χ0v) is 17.5. The summed E-state index contributed by atoms with van der Waals surface area (Å²) in [6, 6.07) is 11.4. The van der Waals surface area contributed by atoms with Gasteiger partial charge in [0.15, 0.2) is 5.82 Å². The third-order valence-electron chi connectivity index (χ3n) is 5.89. The molecule has 3 aromatic rings. The second-order valence-electron chi connectivity index (χ2n) is 7.83. The van der Waals surface area contributed by atoms with E-state index in [4.69, 9.17) is 0 Å². The summed E-state index contributed by atoms with van der Waals surface area (Å²) >= 11 is 0. The highest BCUT2D eigenvalue weighted by molar-refractivity contribution is 5.95. The molecule has 1 aromatic heterocycles. The number of anilines is 2. The lowest BCUT2D eigenvalue weighted by Gasteiger charge is -2.34. The summed E-state index contributed by atoms with van der Waals surface area (Å²) in [7, 11) is 2.08. The van der Waals surface area contributed by atoms with Gasteiger partial charge in [0, 0.05) is 43.5 Å². The molecule has 0 bridgehead atoms. The Balaban J connectivity index is 1.69. The molecule has 1 saturated heterocycles. The molecular formula is C23H25FN6. The van der Waals surface area contributed by atoms with Gasteiger partial charge in [-0.05, 0) is 50.2 Å². The molecule has 1 N–H and O–H groups in total. The summed E-state index contributed by atoms with van der Waals surface area (Å²) in [5, 5.41) is 22.8. The molecule has 6 nitrogen and oxygen atoms in total. The highest BCUT2D eigenvalue weighted by Crippen LogP contribution is 2.31. The van der Waals surface area contributed by atoms with Crippen LogP contribution >= 0.6 is 0 Å². The first kappa shape index (κ1) is 20.0. The molecule has 30 heavy (non-hydrogen) atoms. The zero-order chi connectivity index (χ0) is 21.3. The largest absolute Gasteiger partial charge is 0.367 e. The fourth-order valence-electron chi connectivity index (χ4n) is 3.89. The second kappa shape index (κ2) is 8.25. The standard InChI is InChI=1S/C23H25FN6/c1-15-17(13-25)5-4-6-18(15)14-26-23-20-12-22(30-9-7-29(3)8-10-30)21(24)11-19(20)16(2)27-28-23/h4-6,11-12H,7-10,14H2,1-3H3,(H,26,28). The number of benzene rings is 2. The Hall–Kier alpha value is -3.24. The molecule has 1 aliphatic heterocycles. The van der Waals surface area contributed by atoms with Crippen molar-refractivity contribution in [1.82, 2.24) is 15.1 Å². The fourth-order valence-corrected chi connectivity index (χ4v) is 3.89. The van der Waals surface area contributed by atoms with Gasteiger partial charge >= 0.3 is 0 Å². The van der Waals surface area contributed by atoms with Crippen LogP contribution in [0.4, 0.5) is 15.9 Å². The van der Waals surface area contributed by atoms with Crippen LogP contribution in [0.3, 0.4) is 0 Å². The molecule has 2 aromatic carbocycles. The molecule has 7 heteroatoms. The van der Waals surface area contributed by atoms with Crippen LogP contribution in [0.1, 0.15) is 22.4 Å². The molecule has 0 saturated carbocycles. The first-order valence-electron chi connectivity index (χ1n) is 10.1. The molecule has 4 rings (SSSR count). The van der Waals surface area contributed by atoms with E-state index in [1.54, 1.807) is 6.07 Å². The van der Waals surface area contributed by atoms with E-state index in [1.807, 2.05) is 38.1 Å². The molecule has 0 unspecified atom stereocenters. The van der Waals surface area contributed by atoms with Crippen molar-refractivity contribution < 1.29 is 4.39 Å². The molecule has 2 heterocycles. The van der Waals surface area contributed by atoms with Gasteiger partial charge in [0.2, 0.25) is 0 Å². The van der Waals surface area contributed by atoms with Gasteiger partial charge in [0.1, 0.15) is 5.82 Å². The number of rotatable bonds is 4. The van der Waals surface area contributed by atoms with Crippen molar-refractivity contribution in [2.75, 3.05) is 43.4 Å². The van der Waals surface area contributed by atoms with Gasteiger partial charge in [0.25, 0.3) is 0 Å². The van der Waals surface area contributed by atoms with Crippen LogP contribution in [0, 0.1) is 31.0 Å². The molecular weight excluding hydrogens is 379 g/mol. The lowest BCUT2D eigenvalue weighted by molar-refractivity contribution is 0.312. The SMILES string of the molecule is Cc1c(C#N)cccc1CNc1nnc(C)c2cc(F)c(N3CCN(C)CC3)cc12. The average Bonchev–Trinajstić information content (AvgIpc) is 2.75. The molecule has 0 amide bonds. The average molecular weight is 404 g/mol. The normalized spacial score (nSPS) is 14.7. The number of hydrogen-bond donors (Lipinski definition) is 1. The Morgan fingerprint density at radius 1 is 1.10 bits per heavy atom. The molecule has 1 aliphatic rings. The van der Waals surface area contributed by atoms with Crippen LogP contribution in [-0.2, 0) is 6.54 Å². The molecule has 0 radical (unpaired) electrons. The number of halogens is 1. The summed E-state index contributed by atoms with van der Waals surface area (Å²) in [6.45, 7) is 7.69. The maximum Gasteiger partial charge on any atom is 0.156 e. The minimum absolute atomic E-state index is 0.230. The Labute approximate surface area is 175 Å². The van der Waals surface area contributed by atoms with Gasteiger partial charge in [-0.1, -0.05) is 12.1 Å². The summed E-state index contributed by atoms with van der Waals surface area (Å²) in [4.78, 5) is 4.34. The smallest absolute Gasteiger partial charge is 0.156 e.